The maximum absolute atomic E-state index is 12.3. The summed E-state index contributed by atoms with van der Waals surface area (Å²) in [4.78, 5) is 16.1. The van der Waals surface area contributed by atoms with Gasteiger partial charge in [-0.25, -0.2) is 4.98 Å². The molecule has 5 heteroatoms. The lowest BCUT2D eigenvalue weighted by Gasteiger charge is -2.25. The zero-order valence-corrected chi connectivity index (χ0v) is 10.5. The van der Waals surface area contributed by atoms with Crippen LogP contribution in [-0.4, -0.2) is 24.0 Å². The van der Waals surface area contributed by atoms with E-state index in [-0.39, 0.29) is 11.3 Å². The number of carbonyl (C=O) groups excluding carboxylic acids is 1. The summed E-state index contributed by atoms with van der Waals surface area (Å²) in [6, 6.07) is 3.40. The first-order chi connectivity index (χ1) is 8.16. The highest BCUT2D eigenvalue weighted by molar-refractivity contribution is 6.29. The van der Waals surface area contributed by atoms with E-state index < -0.39 is 0 Å². The van der Waals surface area contributed by atoms with Gasteiger partial charge in [0.15, 0.2) is 0 Å². The van der Waals surface area contributed by atoms with Crippen LogP contribution >= 0.6 is 11.6 Å². The topological polar surface area (TPSA) is 54.0 Å². The number of nitrogens with one attached hydrogen (secondary N) is 2. The van der Waals surface area contributed by atoms with Gasteiger partial charge in [-0.2, -0.15) is 0 Å². The normalized spacial score (nSPS) is 23.6. The molecule has 0 aliphatic carbocycles. The number of rotatable bonds is 3. The molecule has 92 valence electrons. The minimum absolute atomic E-state index is 0.0623. The van der Waals surface area contributed by atoms with Gasteiger partial charge in [-0.05, 0) is 31.5 Å². The Labute approximate surface area is 106 Å². The van der Waals surface area contributed by atoms with Crippen molar-refractivity contribution in [2.75, 3.05) is 18.4 Å². The van der Waals surface area contributed by atoms with Gasteiger partial charge in [-0.15, -0.1) is 0 Å². The molecule has 2 heterocycles. The molecule has 1 amide bonds. The lowest BCUT2D eigenvalue weighted by molar-refractivity contribution is -0.124. The van der Waals surface area contributed by atoms with E-state index in [1.807, 2.05) is 6.92 Å². The molecule has 1 atom stereocenters. The Bertz CT molecular complexity index is 416. The monoisotopic (exact) mass is 253 g/mol. The summed E-state index contributed by atoms with van der Waals surface area (Å²) in [5.41, 5.74) is 0.421. The smallest absolute Gasteiger partial charge is 0.231 e. The van der Waals surface area contributed by atoms with Crippen molar-refractivity contribution < 1.29 is 4.79 Å². The Morgan fingerprint density at radius 3 is 3.12 bits per heavy atom. The van der Waals surface area contributed by atoms with Crippen molar-refractivity contribution in [1.29, 1.82) is 0 Å². The number of anilines is 1. The third-order valence-corrected chi connectivity index (χ3v) is 3.59. The molecule has 1 aromatic rings. The number of hydrogen-bond acceptors (Lipinski definition) is 3. The summed E-state index contributed by atoms with van der Waals surface area (Å²) in [6.07, 6.45) is 3.31. The van der Waals surface area contributed by atoms with E-state index in [9.17, 15) is 4.79 Å². The summed E-state index contributed by atoms with van der Waals surface area (Å²) < 4.78 is 0. The molecule has 1 aliphatic heterocycles. The summed E-state index contributed by atoms with van der Waals surface area (Å²) in [5, 5.41) is 6.54. The number of carbonyl (C=O) groups is 1. The van der Waals surface area contributed by atoms with E-state index in [1.165, 1.54) is 0 Å². The maximum Gasteiger partial charge on any atom is 0.231 e. The largest absolute Gasteiger partial charge is 0.325 e. The zero-order valence-electron chi connectivity index (χ0n) is 9.79. The Morgan fingerprint density at radius 2 is 2.53 bits per heavy atom. The van der Waals surface area contributed by atoms with Crippen molar-refractivity contribution in [3.05, 3.63) is 23.5 Å². The van der Waals surface area contributed by atoms with Gasteiger partial charge < -0.3 is 10.6 Å². The van der Waals surface area contributed by atoms with Crippen LogP contribution in [0.5, 0.6) is 0 Å². The fourth-order valence-electron chi connectivity index (χ4n) is 2.14. The first-order valence-electron chi connectivity index (χ1n) is 5.80. The molecule has 0 saturated carbocycles. The van der Waals surface area contributed by atoms with E-state index in [2.05, 4.69) is 15.6 Å². The number of pyridine rings is 1. The summed E-state index contributed by atoms with van der Waals surface area (Å²) >= 11 is 5.78. The molecule has 1 aromatic heterocycles. The molecule has 1 saturated heterocycles. The van der Waals surface area contributed by atoms with E-state index >= 15 is 0 Å². The predicted octanol–water partition coefficient (Wildman–Crippen LogP) is 2.06. The fourth-order valence-corrected chi connectivity index (χ4v) is 2.32. The van der Waals surface area contributed by atoms with Gasteiger partial charge in [-0.1, -0.05) is 18.5 Å². The van der Waals surface area contributed by atoms with Crippen molar-refractivity contribution in [2.24, 2.45) is 5.41 Å². The van der Waals surface area contributed by atoms with E-state index in [0.717, 1.165) is 25.9 Å². The third kappa shape index (κ3) is 2.58. The van der Waals surface area contributed by atoms with Crippen LogP contribution in [0, 0.1) is 5.41 Å². The second-order valence-corrected chi connectivity index (χ2v) is 4.77. The number of aromatic nitrogens is 1. The van der Waals surface area contributed by atoms with Gasteiger partial charge in [0.05, 0.1) is 5.41 Å². The van der Waals surface area contributed by atoms with Gasteiger partial charge in [0.2, 0.25) is 5.91 Å². The summed E-state index contributed by atoms with van der Waals surface area (Å²) in [7, 11) is 0. The first-order valence-corrected chi connectivity index (χ1v) is 6.18. The Hall–Kier alpha value is -1.13. The van der Waals surface area contributed by atoms with Crippen LogP contribution < -0.4 is 10.6 Å². The molecule has 0 aromatic carbocycles. The number of halogens is 1. The highest BCUT2D eigenvalue weighted by Crippen LogP contribution is 2.31. The van der Waals surface area contributed by atoms with Gasteiger partial charge in [-0.3, -0.25) is 4.79 Å². The average Bonchev–Trinajstić information content (AvgIpc) is 2.78. The molecule has 1 fully saturated rings. The van der Waals surface area contributed by atoms with Crippen molar-refractivity contribution in [3.8, 4) is 0 Å². The van der Waals surface area contributed by atoms with Gasteiger partial charge in [0.1, 0.15) is 5.15 Å². The first kappa shape index (κ1) is 12.3. The zero-order chi connectivity index (χ0) is 12.3. The number of hydrogen-bond donors (Lipinski definition) is 2. The second-order valence-electron chi connectivity index (χ2n) is 4.38. The number of amides is 1. The van der Waals surface area contributed by atoms with Crippen molar-refractivity contribution >= 4 is 23.2 Å². The van der Waals surface area contributed by atoms with Crippen LogP contribution in [0.15, 0.2) is 18.3 Å². The minimum Gasteiger partial charge on any atom is -0.325 e. The highest BCUT2D eigenvalue weighted by atomic mass is 35.5. The maximum atomic E-state index is 12.3. The molecule has 2 N–H and O–H groups in total. The van der Waals surface area contributed by atoms with Crippen LogP contribution in [0.4, 0.5) is 5.69 Å². The van der Waals surface area contributed by atoms with E-state index in [4.69, 9.17) is 11.6 Å². The second kappa shape index (κ2) is 5.02. The molecule has 1 aliphatic rings. The molecule has 1 unspecified atom stereocenters. The van der Waals surface area contributed by atoms with E-state index in [1.54, 1.807) is 18.3 Å². The van der Waals surface area contributed by atoms with Crippen LogP contribution in [0.3, 0.4) is 0 Å². The molecule has 2 rings (SSSR count). The summed E-state index contributed by atoms with van der Waals surface area (Å²) in [5.74, 6) is 0.0623. The van der Waals surface area contributed by atoms with Crippen LogP contribution in [0.1, 0.15) is 19.8 Å². The Morgan fingerprint density at radius 1 is 1.71 bits per heavy atom. The standard InChI is InChI=1S/C12H16ClN3O/c1-2-12(4-6-14-8-12)11(17)16-9-3-5-15-10(13)7-9/h3,5,7,14H,2,4,6,8H2,1H3,(H,15,16,17). The van der Waals surface area contributed by atoms with Crippen molar-refractivity contribution in [1.82, 2.24) is 10.3 Å². The molecular formula is C12H16ClN3O. The van der Waals surface area contributed by atoms with Crippen LogP contribution in [0.25, 0.3) is 0 Å². The lowest BCUT2D eigenvalue weighted by atomic mass is 9.83. The lowest BCUT2D eigenvalue weighted by Crippen LogP contribution is -2.37. The highest BCUT2D eigenvalue weighted by Gasteiger charge is 2.39. The quantitative estimate of drug-likeness (QED) is 0.811. The van der Waals surface area contributed by atoms with Gasteiger partial charge >= 0.3 is 0 Å². The van der Waals surface area contributed by atoms with Gasteiger partial charge in [0.25, 0.3) is 0 Å². The van der Waals surface area contributed by atoms with Crippen molar-refractivity contribution in [3.63, 3.8) is 0 Å². The molecule has 0 bridgehead atoms. The molecule has 4 nitrogen and oxygen atoms in total. The van der Waals surface area contributed by atoms with Gasteiger partial charge in [0, 0.05) is 18.4 Å². The van der Waals surface area contributed by atoms with Crippen LogP contribution in [-0.2, 0) is 4.79 Å². The Kier molecular flexibility index (Phi) is 3.64. The fraction of sp³-hybridized carbons (Fsp3) is 0.500. The predicted molar refractivity (Wildman–Crippen MR) is 68.1 cm³/mol. The molecular weight excluding hydrogens is 238 g/mol. The molecule has 0 spiro atoms. The van der Waals surface area contributed by atoms with Crippen LogP contribution in [0.2, 0.25) is 5.15 Å². The van der Waals surface area contributed by atoms with Crippen molar-refractivity contribution in [2.45, 2.75) is 19.8 Å². The minimum atomic E-state index is -0.282. The Balaban J connectivity index is 2.10. The average molecular weight is 254 g/mol. The van der Waals surface area contributed by atoms with E-state index in [0.29, 0.717) is 10.8 Å². The third-order valence-electron chi connectivity index (χ3n) is 3.39. The molecule has 17 heavy (non-hydrogen) atoms. The summed E-state index contributed by atoms with van der Waals surface area (Å²) in [6.45, 7) is 3.69. The SMILES string of the molecule is CCC1(C(=O)Nc2ccnc(Cl)c2)CCNC1. The molecule has 0 radical (unpaired) electrons. The number of nitrogens with zero attached hydrogens (tertiary/aromatic N) is 1.